The van der Waals surface area contributed by atoms with Gasteiger partial charge in [0, 0.05) is 27.1 Å². The van der Waals surface area contributed by atoms with Crippen molar-refractivity contribution in [3.05, 3.63) is 101 Å². The molecule has 0 fully saturated rings. The van der Waals surface area contributed by atoms with Gasteiger partial charge >= 0.3 is 0 Å². The van der Waals surface area contributed by atoms with E-state index in [-0.39, 0.29) is 17.9 Å². The van der Waals surface area contributed by atoms with E-state index in [1.807, 2.05) is 37.3 Å². The van der Waals surface area contributed by atoms with E-state index in [4.69, 9.17) is 0 Å². The molecule has 0 aliphatic heterocycles. The Kier molecular flexibility index (Phi) is 8.95. The van der Waals surface area contributed by atoms with Crippen LogP contribution < -0.4 is 5.32 Å². The van der Waals surface area contributed by atoms with E-state index in [2.05, 4.69) is 5.32 Å². The third kappa shape index (κ3) is 6.77. The quantitative estimate of drug-likeness (QED) is 0.453. The standard InChI is InChI=1S/C27H30FN3O4S/c1-20-9-15-24(16-10-20)36(34,35)30(3)19-26(32)31(18-22-11-13-23(28)14-12-22)25(27(33)29-2)17-21-7-5-4-6-8-21/h4-16,25H,17-19H2,1-3H3,(H,29,33)/t25-/m0/s1. The molecule has 0 saturated heterocycles. The number of likely N-dealkylation sites (N-methyl/N-ethyl adjacent to an activating group) is 2. The third-order valence-corrected chi connectivity index (χ3v) is 7.69. The molecule has 1 atom stereocenters. The Morgan fingerprint density at radius 3 is 2.11 bits per heavy atom. The number of rotatable bonds is 10. The zero-order chi connectivity index (χ0) is 26.3. The lowest BCUT2D eigenvalue weighted by Gasteiger charge is -2.32. The van der Waals surface area contributed by atoms with Gasteiger partial charge in [0.15, 0.2) is 0 Å². The second-order valence-corrected chi connectivity index (χ2v) is 10.6. The lowest BCUT2D eigenvalue weighted by Crippen LogP contribution is -2.52. The van der Waals surface area contributed by atoms with Gasteiger partial charge in [0.2, 0.25) is 21.8 Å². The summed E-state index contributed by atoms with van der Waals surface area (Å²) in [6.45, 7) is 1.38. The van der Waals surface area contributed by atoms with Crippen molar-refractivity contribution in [1.82, 2.24) is 14.5 Å². The molecule has 0 heterocycles. The lowest BCUT2D eigenvalue weighted by molar-refractivity contribution is -0.141. The predicted molar refractivity (Wildman–Crippen MR) is 136 cm³/mol. The Morgan fingerprint density at radius 2 is 1.53 bits per heavy atom. The average Bonchev–Trinajstić information content (AvgIpc) is 2.87. The summed E-state index contributed by atoms with van der Waals surface area (Å²) in [5.74, 6) is -1.37. The number of amides is 2. The van der Waals surface area contributed by atoms with Crippen LogP contribution in [0.5, 0.6) is 0 Å². The molecular weight excluding hydrogens is 481 g/mol. The van der Waals surface area contributed by atoms with Crippen molar-refractivity contribution in [2.75, 3.05) is 20.6 Å². The Labute approximate surface area is 211 Å². The van der Waals surface area contributed by atoms with Crippen LogP contribution in [0.3, 0.4) is 0 Å². The molecule has 190 valence electrons. The zero-order valence-electron chi connectivity index (χ0n) is 20.5. The van der Waals surface area contributed by atoms with Crippen molar-refractivity contribution in [1.29, 1.82) is 0 Å². The average molecular weight is 512 g/mol. The highest BCUT2D eigenvalue weighted by molar-refractivity contribution is 7.89. The normalized spacial score (nSPS) is 12.2. The van der Waals surface area contributed by atoms with Crippen molar-refractivity contribution in [3.8, 4) is 0 Å². The van der Waals surface area contributed by atoms with Gasteiger partial charge in [-0.3, -0.25) is 9.59 Å². The van der Waals surface area contributed by atoms with Gasteiger partial charge in [0.25, 0.3) is 0 Å². The van der Waals surface area contributed by atoms with E-state index >= 15 is 0 Å². The largest absolute Gasteiger partial charge is 0.357 e. The second kappa shape index (κ2) is 11.9. The highest BCUT2D eigenvalue weighted by atomic mass is 32.2. The molecule has 3 rings (SSSR count). The summed E-state index contributed by atoms with van der Waals surface area (Å²) < 4.78 is 40.6. The summed E-state index contributed by atoms with van der Waals surface area (Å²) in [6, 6.07) is 20.3. The van der Waals surface area contributed by atoms with Gasteiger partial charge in [0.05, 0.1) is 11.4 Å². The molecule has 36 heavy (non-hydrogen) atoms. The maximum atomic E-state index is 13.6. The number of halogens is 1. The van der Waals surface area contributed by atoms with Gasteiger partial charge in [-0.05, 0) is 42.3 Å². The van der Waals surface area contributed by atoms with Crippen LogP contribution in [0.15, 0.2) is 83.8 Å². The lowest BCUT2D eigenvalue weighted by atomic mass is 10.0. The summed E-state index contributed by atoms with van der Waals surface area (Å²) in [5.41, 5.74) is 2.35. The number of benzene rings is 3. The first-order valence-electron chi connectivity index (χ1n) is 11.4. The second-order valence-electron chi connectivity index (χ2n) is 8.54. The van der Waals surface area contributed by atoms with Crippen molar-refractivity contribution < 1.29 is 22.4 Å². The SMILES string of the molecule is CNC(=O)[C@H](Cc1ccccc1)N(Cc1ccc(F)cc1)C(=O)CN(C)S(=O)(=O)c1ccc(C)cc1. The molecule has 3 aromatic carbocycles. The van der Waals surface area contributed by atoms with E-state index in [0.717, 1.165) is 15.4 Å². The Hall–Kier alpha value is -3.56. The molecule has 2 amide bonds. The van der Waals surface area contributed by atoms with E-state index in [1.165, 1.54) is 55.4 Å². The van der Waals surface area contributed by atoms with Gasteiger partial charge in [0.1, 0.15) is 11.9 Å². The Balaban J connectivity index is 1.93. The monoisotopic (exact) mass is 511 g/mol. The smallest absolute Gasteiger partial charge is 0.243 e. The number of carbonyl (C=O) groups excluding carboxylic acids is 2. The van der Waals surface area contributed by atoms with Crippen LogP contribution in [0.1, 0.15) is 16.7 Å². The fourth-order valence-corrected chi connectivity index (χ4v) is 4.88. The molecule has 0 aliphatic carbocycles. The van der Waals surface area contributed by atoms with E-state index in [0.29, 0.717) is 5.56 Å². The van der Waals surface area contributed by atoms with Crippen LogP contribution in [0.2, 0.25) is 0 Å². The number of hydrogen-bond acceptors (Lipinski definition) is 4. The molecule has 0 aromatic heterocycles. The van der Waals surface area contributed by atoms with Crippen molar-refractivity contribution in [2.45, 2.75) is 30.8 Å². The van der Waals surface area contributed by atoms with Crippen molar-refractivity contribution >= 4 is 21.8 Å². The fourth-order valence-electron chi connectivity index (χ4n) is 3.76. The highest BCUT2D eigenvalue weighted by Crippen LogP contribution is 2.18. The molecule has 3 aromatic rings. The van der Waals surface area contributed by atoms with Crippen LogP contribution in [0.4, 0.5) is 4.39 Å². The number of nitrogens with one attached hydrogen (secondary N) is 1. The number of sulfonamides is 1. The fraction of sp³-hybridized carbons (Fsp3) is 0.259. The first kappa shape index (κ1) is 27.0. The van der Waals surface area contributed by atoms with Gasteiger partial charge in [-0.25, -0.2) is 12.8 Å². The molecule has 0 bridgehead atoms. The first-order valence-corrected chi connectivity index (χ1v) is 12.9. The van der Waals surface area contributed by atoms with Crippen molar-refractivity contribution in [3.63, 3.8) is 0 Å². The zero-order valence-corrected chi connectivity index (χ0v) is 21.3. The summed E-state index contributed by atoms with van der Waals surface area (Å²) in [7, 11) is -1.13. The van der Waals surface area contributed by atoms with Crippen LogP contribution in [0.25, 0.3) is 0 Å². The maximum Gasteiger partial charge on any atom is 0.243 e. The van der Waals surface area contributed by atoms with E-state index < -0.39 is 40.2 Å². The molecule has 0 saturated carbocycles. The van der Waals surface area contributed by atoms with Crippen LogP contribution in [-0.2, 0) is 32.6 Å². The molecule has 9 heteroatoms. The maximum absolute atomic E-state index is 13.6. The molecule has 7 nitrogen and oxygen atoms in total. The molecular formula is C27H30FN3O4S. The topological polar surface area (TPSA) is 86.8 Å². The van der Waals surface area contributed by atoms with Crippen molar-refractivity contribution in [2.24, 2.45) is 0 Å². The number of nitrogens with zero attached hydrogens (tertiary/aromatic N) is 2. The predicted octanol–water partition coefficient (Wildman–Crippen LogP) is 3.14. The molecule has 1 N–H and O–H groups in total. The van der Waals surface area contributed by atoms with Gasteiger partial charge < -0.3 is 10.2 Å². The summed E-state index contributed by atoms with van der Waals surface area (Å²) in [6.07, 6.45) is 0.224. The van der Waals surface area contributed by atoms with Crippen LogP contribution in [0, 0.1) is 12.7 Å². The molecule has 0 spiro atoms. The van der Waals surface area contributed by atoms with E-state index in [1.54, 1.807) is 12.1 Å². The molecule has 0 radical (unpaired) electrons. The van der Waals surface area contributed by atoms with E-state index in [9.17, 15) is 22.4 Å². The van der Waals surface area contributed by atoms with Crippen LogP contribution in [-0.4, -0.2) is 56.1 Å². The van der Waals surface area contributed by atoms with Crippen LogP contribution >= 0.6 is 0 Å². The third-order valence-electron chi connectivity index (χ3n) is 5.87. The number of carbonyl (C=O) groups is 2. The minimum absolute atomic E-state index is 0.00243. The Bertz CT molecular complexity index is 1280. The first-order chi connectivity index (χ1) is 17.1. The number of aryl methyl sites for hydroxylation is 1. The molecule has 0 unspecified atom stereocenters. The summed E-state index contributed by atoms with van der Waals surface area (Å²) in [4.78, 5) is 27.9. The van der Waals surface area contributed by atoms with Gasteiger partial charge in [-0.15, -0.1) is 0 Å². The minimum Gasteiger partial charge on any atom is -0.357 e. The van der Waals surface area contributed by atoms with Gasteiger partial charge in [-0.1, -0.05) is 60.2 Å². The van der Waals surface area contributed by atoms with Gasteiger partial charge in [-0.2, -0.15) is 4.31 Å². The Morgan fingerprint density at radius 1 is 0.917 bits per heavy atom. The minimum atomic E-state index is -3.94. The summed E-state index contributed by atoms with van der Waals surface area (Å²) >= 11 is 0. The summed E-state index contributed by atoms with van der Waals surface area (Å²) in [5, 5.41) is 2.61. The highest BCUT2D eigenvalue weighted by Gasteiger charge is 2.32. The molecule has 0 aliphatic rings. The number of hydrogen-bond donors (Lipinski definition) is 1.